The third-order valence-corrected chi connectivity index (χ3v) is 12.0. The Morgan fingerprint density at radius 3 is 1.24 bits per heavy atom. The van der Waals surface area contributed by atoms with Crippen LogP contribution in [0.2, 0.25) is 0 Å². The molecule has 0 heteroatoms. The largest absolute Gasteiger partial charge is 0.0616 e. The van der Waals surface area contributed by atoms with E-state index >= 15 is 0 Å². The van der Waals surface area contributed by atoms with Crippen molar-refractivity contribution in [1.82, 2.24) is 0 Å². The molecule has 12 aromatic rings. The highest BCUT2D eigenvalue weighted by molar-refractivity contribution is 6.27. The van der Waals surface area contributed by atoms with E-state index in [1.807, 2.05) is 0 Å². The maximum atomic E-state index is 2.42. The van der Waals surface area contributed by atoms with Gasteiger partial charge in [-0.05, 0) is 126 Å². The smallest absolute Gasteiger partial charge is 0.00206 e. The van der Waals surface area contributed by atoms with Crippen LogP contribution >= 0.6 is 0 Å². The van der Waals surface area contributed by atoms with Crippen molar-refractivity contribution in [3.63, 3.8) is 0 Å². The molecule has 0 saturated carbocycles. The summed E-state index contributed by atoms with van der Waals surface area (Å²) in [7, 11) is 0. The second kappa shape index (κ2) is 11.2. The van der Waals surface area contributed by atoms with Crippen molar-refractivity contribution in [3.05, 3.63) is 194 Å². The van der Waals surface area contributed by atoms with E-state index in [4.69, 9.17) is 0 Å². The van der Waals surface area contributed by atoms with Crippen LogP contribution in [0.25, 0.3) is 120 Å². The van der Waals surface area contributed by atoms with E-state index < -0.39 is 0 Å². The lowest BCUT2D eigenvalue weighted by Crippen LogP contribution is -1.92. The van der Waals surface area contributed by atoms with Crippen LogP contribution in [0.4, 0.5) is 0 Å². The van der Waals surface area contributed by atoms with E-state index in [1.165, 1.54) is 120 Å². The van der Waals surface area contributed by atoms with Crippen LogP contribution in [0.5, 0.6) is 0 Å². The minimum atomic E-state index is 1.21. The second-order valence-electron chi connectivity index (χ2n) is 14.8. The number of rotatable bonds is 4. The molecule has 0 aliphatic carbocycles. The van der Waals surface area contributed by atoms with E-state index in [0.717, 1.165) is 0 Å². The first kappa shape index (κ1) is 29.5. The second-order valence-corrected chi connectivity index (χ2v) is 14.8. The normalized spacial score (nSPS) is 12.1. The predicted molar refractivity (Wildman–Crippen MR) is 233 cm³/mol. The number of benzene rings is 12. The average molecular weight is 681 g/mol. The van der Waals surface area contributed by atoms with Crippen LogP contribution in [0, 0.1) is 0 Å². The summed E-state index contributed by atoms with van der Waals surface area (Å²) < 4.78 is 0. The molecule has 0 atom stereocenters. The number of hydrogen-bond acceptors (Lipinski definition) is 0. The van der Waals surface area contributed by atoms with Gasteiger partial charge in [-0.25, -0.2) is 0 Å². The first-order valence-corrected chi connectivity index (χ1v) is 18.8. The Morgan fingerprint density at radius 1 is 0.185 bits per heavy atom. The SMILES string of the molecule is c1ccc2c(-c3ccc(-c4ccc5ccc6cccc7ccc4c5c67)c(-c4ccc(-c5ccc6ccc7cccc8ccc5c6c78)cc4)c3)cccc2c1. The Morgan fingerprint density at radius 2 is 0.593 bits per heavy atom. The van der Waals surface area contributed by atoms with Gasteiger partial charge in [0.2, 0.25) is 0 Å². The Kier molecular flexibility index (Phi) is 6.15. The molecule has 0 unspecified atom stereocenters. The quantitative estimate of drug-likeness (QED) is 0.162. The Balaban J connectivity index is 1.07. The van der Waals surface area contributed by atoms with Crippen LogP contribution in [0.3, 0.4) is 0 Å². The highest BCUT2D eigenvalue weighted by atomic mass is 14.2. The first-order valence-electron chi connectivity index (χ1n) is 18.8. The molecule has 12 rings (SSSR count). The molecular weight excluding hydrogens is 649 g/mol. The fourth-order valence-electron chi connectivity index (χ4n) is 9.45. The molecule has 0 N–H and O–H groups in total. The molecule has 0 saturated heterocycles. The van der Waals surface area contributed by atoms with E-state index in [1.54, 1.807) is 0 Å². The van der Waals surface area contributed by atoms with Gasteiger partial charge in [-0.1, -0.05) is 188 Å². The third kappa shape index (κ3) is 4.26. The molecule has 12 aromatic carbocycles. The van der Waals surface area contributed by atoms with Crippen molar-refractivity contribution in [1.29, 1.82) is 0 Å². The molecule has 0 heterocycles. The molecule has 0 radical (unpaired) electrons. The lowest BCUT2D eigenvalue weighted by atomic mass is 9.85. The highest BCUT2D eigenvalue weighted by Crippen LogP contribution is 2.45. The fourth-order valence-corrected chi connectivity index (χ4v) is 9.45. The van der Waals surface area contributed by atoms with Crippen LogP contribution in [0.1, 0.15) is 0 Å². The fraction of sp³-hybridized carbons (Fsp3) is 0. The molecule has 0 bridgehead atoms. The van der Waals surface area contributed by atoms with Crippen molar-refractivity contribution >= 4 is 75.4 Å². The molecule has 0 aromatic heterocycles. The lowest BCUT2D eigenvalue weighted by molar-refractivity contribution is 1.58. The zero-order valence-corrected chi connectivity index (χ0v) is 29.5. The molecule has 0 fully saturated rings. The Hall–Kier alpha value is -7.02. The topological polar surface area (TPSA) is 0 Å². The van der Waals surface area contributed by atoms with Crippen molar-refractivity contribution in [3.8, 4) is 44.5 Å². The van der Waals surface area contributed by atoms with Gasteiger partial charge in [-0.2, -0.15) is 0 Å². The van der Waals surface area contributed by atoms with E-state index in [9.17, 15) is 0 Å². The first-order chi connectivity index (χ1) is 26.8. The molecule has 0 spiro atoms. The van der Waals surface area contributed by atoms with Crippen molar-refractivity contribution in [2.45, 2.75) is 0 Å². The van der Waals surface area contributed by atoms with Crippen molar-refractivity contribution in [2.75, 3.05) is 0 Å². The molecule has 0 aliphatic heterocycles. The monoisotopic (exact) mass is 680 g/mol. The predicted octanol–water partition coefficient (Wildman–Crippen LogP) is 15.3. The number of fused-ring (bicyclic) bond motifs is 1. The van der Waals surface area contributed by atoms with Gasteiger partial charge in [0.1, 0.15) is 0 Å². The number of hydrogen-bond donors (Lipinski definition) is 0. The lowest BCUT2D eigenvalue weighted by Gasteiger charge is -2.18. The van der Waals surface area contributed by atoms with Gasteiger partial charge in [0.05, 0.1) is 0 Å². The van der Waals surface area contributed by atoms with Gasteiger partial charge in [-0.3, -0.25) is 0 Å². The summed E-state index contributed by atoms with van der Waals surface area (Å²) in [6.07, 6.45) is 0. The molecule has 0 amide bonds. The van der Waals surface area contributed by atoms with E-state index in [0.29, 0.717) is 0 Å². The van der Waals surface area contributed by atoms with Crippen LogP contribution in [-0.2, 0) is 0 Å². The molecule has 0 nitrogen and oxygen atoms in total. The summed E-state index contributed by atoms with van der Waals surface area (Å²) >= 11 is 0. The zero-order chi connectivity index (χ0) is 35.3. The summed E-state index contributed by atoms with van der Waals surface area (Å²) in [4.78, 5) is 0. The van der Waals surface area contributed by atoms with Crippen molar-refractivity contribution in [2.24, 2.45) is 0 Å². The van der Waals surface area contributed by atoms with Gasteiger partial charge in [0.25, 0.3) is 0 Å². The summed E-state index contributed by atoms with van der Waals surface area (Å²) in [5.74, 6) is 0. The van der Waals surface area contributed by atoms with E-state index in [-0.39, 0.29) is 0 Å². The van der Waals surface area contributed by atoms with E-state index in [2.05, 4.69) is 194 Å². The maximum absolute atomic E-state index is 2.42. The highest BCUT2D eigenvalue weighted by Gasteiger charge is 2.18. The van der Waals surface area contributed by atoms with Gasteiger partial charge in [-0.15, -0.1) is 0 Å². The Labute approximate surface area is 312 Å². The summed E-state index contributed by atoms with van der Waals surface area (Å²) in [5, 5.41) is 18.3. The summed E-state index contributed by atoms with van der Waals surface area (Å²) in [6.45, 7) is 0. The summed E-state index contributed by atoms with van der Waals surface area (Å²) in [5.41, 5.74) is 9.91. The zero-order valence-electron chi connectivity index (χ0n) is 29.5. The third-order valence-electron chi connectivity index (χ3n) is 12.0. The van der Waals surface area contributed by atoms with Gasteiger partial charge in [0, 0.05) is 0 Å². The van der Waals surface area contributed by atoms with Crippen LogP contribution in [0.15, 0.2) is 194 Å². The van der Waals surface area contributed by atoms with Gasteiger partial charge < -0.3 is 0 Å². The van der Waals surface area contributed by atoms with Crippen molar-refractivity contribution < 1.29 is 0 Å². The minimum Gasteiger partial charge on any atom is -0.0616 e. The minimum absolute atomic E-state index is 1.21. The van der Waals surface area contributed by atoms with Gasteiger partial charge >= 0.3 is 0 Å². The maximum Gasteiger partial charge on any atom is -0.00206 e. The summed E-state index contributed by atoms with van der Waals surface area (Å²) in [6, 6.07) is 72.5. The molecular formula is C54H32. The average Bonchev–Trinajstić information content (AvgIpc) is 3.24. The van der Waals surface area contributed by atoms with Gasteiger partial charge in [0.15, 0.2) is 0 Å². The van der Waals surface area contributed by atoms with Crippen LogP contribution < -0.4 is 0 Å². The molecule has 54 heavy (non-hydrogen) atoms. The Bertz CT molecular complexity index is 3380. The van der Waals surface area contributed by atoms with Crippen LogP contribution in [-0.4, -0.2) is 0 Å². The standard InChI is InChI=1S/C54H32/c1-2-12-43-33(6-1)7-5-13-44(43)42-26-29-47(46-28-23-41-21-19-37-9-4-11-39-25-31-49(46)54(41)52(37)39)50(32-42)35-16-14-34(15-17-35)45-27-22-40-20-18-36-8-3-10-38-24-30-48(45)53(40)51(36)38/h1-32H. The molecule has 0 aliphatic rings. The molecule has 248 valence electrons.